The molecule has 0 bridgehead atoms. The number of aromatic nitrogens is 2. The molecule has 1 amide bonds. The van der Waals surface area contributed by atoms with E-state index in [-0.39, 0.29) is 18.1 Å². The van der Waals surface area contributed by atoms with Crippen molar-refractivity contribution in [1.82, 2.24) is 15.1 Å². The highest BCUT2D eigenvalue weighted by molar-refractivity contribution is 5.80. The molecule has 1 aromatic carbocycles. The van der Waals surface area contributed by atoms with Gasteiger partial charge in [0.2, 0.25) is 5.91 Å². The number of carbonyl (C=O) groups is 1. The number of carbonyl (C=O) groups excluding carboxylic acids is 1. The lowest BCUT2D eigenvalue weighted by molar-refractivity contribution is -0.134. The van der Waals surface area contributed by atoms with Crippen LogP contribution < -0.4 is 0 Å². The molecule has 1 aromatic heterocycles. The fraction of sp³-hybridized carbons (Fsp3) is 0.444. The zero-order valence-corrected chi connectivity index (χ0v) is 13.2. The highest BCUT2D eigenvalue weighted by Gasteiger charge is 2.36. The van der Waals surface area contributed by atoms with Gasteiger partial charge in [0.25, 0.3) is 0 Å². The van der Waals surface area contributed by atoms with Crippen LogP contribution in [-0.4, -0.2) is 34.1 Å². The van der Waals surface area contributed by atoms with Crippen molar-refractivity contribution < 1.29 is 9.18 Å². The minimum Gasteiger partial charge on any atom is -0.341 e. The average Bonchev–Trinajstić information content (AvgIpc) is 3.06. The molecule has 0 atom stereocenters. The van der Waals surface area contributed by atoms with Crippen LogP contribution in [0.5, 0.6) is 0 Å². The molecule has 5 heteroatoms. The smallest absolute Gasteiger partial charge is 0.227 e. The second-order valence-corrected chi connectivity index (χ2v) is 6.66. The molecule has 1 aliphatic heterocycles. The van der Waals surface area contributed by atoms with Gasteiger partial charge >= 0.3 is 0 Å². The summed E-state index contributed by atoms with van der Waals surface area (Å²) in [6.07, 6.45) is 3.67. The van der Waals surface area contributed by atoms with Crippen LogP contribution in [0.2, 0.25) is 0 Å². The summed E-state index contributed by atoms with van der Waals surface area (Å²) in [6, 6.07) is 4.62. The van der Waals surface area contributed by atoms with E-state index in [2.05, 4.69) is 10.2 Å². The number of hydrogen-bond acceptors (Lipinski definition) is 2. The number of H-pyrrole nitrogens is 1. The van der Waals surface area contributed by atoms with Gasteiger partial charge in [-0.15, -0.1) is 0 Å². The molecule has 2 heterocycles. The van der Waals surface area contributed by atoms with Crippen molar-refractivity contribution in [3.05, 3.63) is 52.1 Å². The molecule has 1 aliphatic carbocycles. The minimum absolute atomic E-state index is 0.0714. The van der Waals surface area contributed by atoms with E-state index in [1.165, 1.54) is 29.8 Å². The zero-order chi connectivity index (χ0) is 16.0. The third-order valence-electron chi connectivity index (χ3n) is 5.11. The SMILES string of the molecule is Cc1ccc(F)cc1CC(=O)N1CC(c2n[nH]c3c2CCC3)C1. The molecule has 0 radical (unpaired) electrons. The molecule has 2 aliphatic rings. The van der Waals surface area contributed by atoms with E-state index in [9.17, 15) is 9.18 Å². The van der Waals surface area contributed by atoms with Crippen molar-refractivity contribution >= 4 is 5.91 Å². The maximum atomic E-state index is 13.3. The van der Waals surface area contributed by atoms with Crippen molar-refractivity contribution in [1.29, 1.82) is 0 Å². The predicted molar refractivity (Wildman–Crippen MR) is 84.8 cm³/mol. The molecule has 4 nitrogen and oxygen atoms in total. The first-order valence-electron chi connectivity index (χ1n) is 8.20. The van der Waals surface area contributed by atoms with Crippen LogP contribution in [0.15, 0.2) is 18.2 Å². The van der Waals surface area contributed by atoms with Crippen molar-refractivity contribution in [2.75, 3.05) is 13.1 Å². The predicted octanol–water partition coefficient (Wildman–Crippen LogP) is 2.51. The van der Waals surface area contributed by atoms with Crippen LogP contribution in [0.4, 0.5) is 4.39 Å². The van der Waals surface area contributed by atoms with Crippen LogP contribution in [0.1, 0.15) is 40.4 Å². The summed E-state index contributed by atoms with van der Waals surface area (Å²) < 4.78 is 13.3. The Kier molecular flexibility index (Phi) is 3.43. The Labute approximate surface area is 134 Å². The van der Waals surface area contributed by atoms with Crippen LogP contribution in [0.3, 0.4) is 0 Å². The van der Waals surface area contributed by atoms with Crippen LogP contribution >= 0.6 is 0 Å². The van der Waals surface area contributed by atoms with E-state index in [0.29, 0.717) is 5.92 Å². The van der Waals surface area contributed by atoms with Gasteiger partial charge in [-0.1, -0.05) is 6.07 Å². The Hall–Kier alpha value is -2.17. The molecule has 1 fully saturated rings. The highest BCUT2D eigenvalue weighted by atomic mass is 19.1. The topological polar surface area (TPSA) is 49.0 Å². The summed E-state index contributed by atoms with van der Waals surface area (Å²) in [5.41, 5.74) is 5.55. The van der Waals surface area contributed by atoms with Gasteiger partial charge in [0.05, 0.1) is 12.1 Å². The third-order valence-corrected chi connectivity index (χ3v) is 5.11. The second-order valence-electron chi connectivity index (χ2n) is 6.66. The molecular formula is C18H20FN3O. The summed E-state index contributed by atoms with van der Waals surface area (Å²) in [6.45, 7) is 3.36. The quantitative estimate of drug-likeness (QED) is 0.946. The number of benzene rings is 1. The van der Waals surface area contributed by atoms with Crippen molar-refractivity contribution in [2.45, 2.75) is 38.5 Å². The van der Waals surface area contributed by atoms with Crippen molar-refractivity contribution in [2.24, 2.45) is 0 Å². The lowest BCUT2D eigenvalue weighted by Crippen LogP contribution is -2.49. The third kappa shape index (κ3) is 2.54. The Balaban J connectivity index is 1.39. The van der Waals surface area contributed by atoms with E-state index in [1.54, 1.807) is 6.07 Å². The average molecular weight is 313 g/mol. The molecule has 23 heavy (non-hydrogen) atoms. The molecule has 0 unspecified atom stereocenters. The second kappa shape index (κ2) is 5.48. The van der Waals surface area contributed by atoms with Gasteiger partial charge in [0, 0.05) is 24.7 Å². The van der Waals surface area contributed by atoms with Gasteiger partial charge in [-0.05, 0) is 55.0 Å². The fourth-order valence-electron chi connectivity index (χ4n) is 3.64. The van der Waals surface area contributed by atoms with E-state index in [1.807, 2.05) is 11.8 Å². The zero-order valence-electron chi connectivity index (χ0n) is 13.2. The number of halogens is 1. The Bertz CT molecular complexity index is 762. The van der Waals surface area contributed by atoms with Crippen molar-refractivity contribution in [3.63, 3.8) is 0 Å². The van der Waals surface area contributed by atoms with Gasteiger partial charge in [-0.25, -0.2) is 4.39 Å². The van der Waals surface area contributed by atoms with E-state index < -0.39 is 0 Å². The molecule has 0 saturated carbocycles. The molecule has 1 saturated heterocycles. The number of rotatable bonds is 3. The summed E-state index contributed by atoms with van der Waals surface area (Å²) in [5.74, 6) is 0.139. The number of fused-ring (bicyclic) bond motifs is 1. The molecular weight excluding hydrogens is 293 g/mol. The van der Waals surface area contributed by atoms with Gasteiger partial charge < -0.3 is 4.90 Å². The minimum atomic E-state index is -0.285. The molecule has 4 rings (SSSR count). The van der Waals surface area contributed by atoms with Gasteiger partial charge in [-0.2, -0.15) is 5.10 Å². The summed E-state index contributed by atoms with van der Waals surface area (Å²) >= 11 is 0. The monoisotopic (exact) mass is 313 g/mol. The summed E-state index contributed by atoms with van der Waals surface area (Å²) in [4.78, 5) is 14.2. The largest absolute Gasteiger partial charge is 0.341 e. The van der Waals surface area contributed by atoms with Crippen LogP contribution in [-0.2, 0) is 24.1 Å². The van der Waals surface area contributed by atoms with E-state index in [4.69, 9.17) is 0 Å². The number of aromatic amines is 1. The number of aryl methyl sites for hydroxylation is 2. The standard InChI is InChI=1S/C18H20FN3O/c1-11-5-6-14(19)7-12(11)8-17(23)22-9-13(10-22)18-15-3-2-4-16(15)20-21-18/h5-7,13H,2-4,8-10H2,1H3,(H,20,21). The first-order valence-corrected chi connectivity index (χ1v) is 8.20. The normalized spacial score (nSPS) is 17.2. The van der Waals surface area contributed by atoms with Gasteiger partial charge in [-0.3, -0.25) is 9.89 Å². The van der Waals surface area contributed by atoms with E-state index >= 15 is 0 Å². The molecule has 1 N–H and O–H groups in total. The summed E-state index contributed by atoms with van der Waals surface area (Å²) in [5, 5.41) is 7.59. The van der Waals surface area contributed by atoms with E-state index in [0.717, 1.165) is 42.8 Å². The maximum absolute atomic E-state index is 13.3. The maximum Gasteiger partial charge on any atom is 0.227 e. The lowest BCUT2D eigenvalue weighted by atomic mass is 9.92. The van der Waals surface area contributed by atoms with Gasteiger partial charge in [0.15, 0.2) is 0 Å². The number of likely N-dealkylation sites (tertiary alicyclic amines) is 1. The number of amides is 1. The molecule has 2 aromatic rings. The fourth-order valence-corrected chi connectivity index (χ4v) is 3.64. The lowest BCUT2D eigenvalue weighted by Gasteiger charge is -2.39. The summed E-state index contributed by atoms with van der Waals surface area (Å²) in [7, 11) is 0. The van der Waals surface area contributed by atoms with Crippen LogP contribution in [0, 0.1) is 12.7 Å². The van der Waals surface area contributed by atoms with Crippen molar-refractivity contribution in [3.8, 4) is 0 Å². The molecule has 120 valence electrons. The Morgan fingerprint density at radius 1 is 1.39 bits per heavy atom. The number of nitrogens with one attached hydrogen (secondary N) is 1. The van der Waals surface area contributed by atoms with Gasteiger partial charge in [0.1, 0.15) is 5.82 Å². The van der Waals surface area contributed by atoms with Crippen LogP contribution in [0.25, 0.3) is 0 Å². The number of hydrogen-bond donors (Lipinski definition) is 1. The number of nitrogens with zero attached hydrogens (tertiary/aromatic N) is 2. The first-order chi connectivity index (χ1) is 11.1. The Morgan fingerprint density at radius 3 is 3.04 bits per heavy atom. The molecule has 0 spiro atoms. The first kappa shape index (κ1) is 14.4. The highest BCUT2D eigenvalue weighted by Crippen LogP contribution is 2.33. The Morgan fingerprint density at radius 2 is 2.22 bits per heavy atom.